The Kier molecular flexibility index (Phi) is 3.52. The summed E-state index contributed by atoms with van der Waals surface area (Å²) in [7, 11) is 0. The van der Waals surface area contributed by atoms with Crippen LogP contribution in [0, 0.1) is 5.92 Å². The molecule has 0 N–H and O–H groups in total. The first-order valence-electron chi connectivity index (χ1n) is 7.16. The summed E-state index contributed by atoms with van der Waals surface area (Å²) in [6.45, 7) is 2.12. The van der Waals surface area contributed by atoms with Crippen molar-refractivity contribution in [1.29, 1.82) is 0 Å². The molecule has 0 bridgehead atoms. The van der Waals surface area contributed by atoms with E-state index in [0.29, 0.717) is 6.10 Å². The lowest BCUT2D eigenvalue weighted by atomic mass is 9.96. The van der Waals surface area contributed by atoms with Crippen molar-refractivity contribution in [3.8, 4) is 5.75 Å². The Labute approximate surface area is 114 Å². The van der Waals surface area contributed by atoms with Crippen LogP contribution in [-0.2, 0) is 6.42 Å². The quantitative estimate of drug-likeness (QED) is 0.708. The zero-order valence-electron chi connectivity index (χ0n) is 11.0. The molecular weight excluding hydrogens is 244 g/mol. The third-order valence-electron chi connectivity index (χ3n) is 4.30. The molecule has 1 aliphatic heterocycles. The monoisotopic (exact) mass is 264 g/mol. The molecule has 2 heteroatoms. The fourth-order valence-electron chi connectivity index (χ4n) is 3.31. The SMILES string of the molecule is CC1Cc2cc(C(Cl)CC3CCCC3)ccc2O1. The normalized spacial score (nSPS) is 24.9. The van der Waals surface area contributed by atoms with Crippen molar-refractivity contribution in [1.82, 2.24) is 0 Å². The predicted molar refractivity (Wildman–Crippen MR) is 75.4 cm³/mol. The van der Waals surface area contributed by atoms with Gasteiger partial charge in [0, 0.05) is 6.42 Å². The Hall–Kier alpha value is -0.690. The summed E-state index contributed by atoms with van der Waals surface area (Å²) in [6, 6.07) is 6.49. The van der Waals surface area contributed by atoms with Gasteiger partial charge in [-0.15, -0.1) is 11.6 Å². The van der Waals surface area contributed by atoms with Crippen LogP contribution in [0.4, 0.5) is 0 Å². The summed E-state index contributed by atoms with van der Waals surface area (Å²) in [4.78, 5) is 0. The van der Waals surface area contributed by atoms with E-state index in [1.807, 2.05) is 0 Å². The largest absolute Gasteiger partial charge is 0.490 e. The maximum absolute atomic E-state index is 6.58. The van der Waals surface area contributed by atoms with Crippen molar-refractivity contribution >= 4 is 11.6 Å². The summed E-state index contributed by atoms with van der Waals surface area (Å²) in [5.74, 6) is 1.90. The molecule has 18 heavy (non-hydrogen) atoms. The molecule has 1 nitrogen and oxygen atoms in total. The van der Waals surface area contributed by atoms with E-state index in [1.54, 1.807) is 0 Å². The molecule has 98 valence electrons. The minimum absolute atomic E-state index is 0.175. The molecular formula is C16H21ClO. The van der Waals surface area contributed by atoms with Crippen LogP contribution in [0.3, 0.4) is 0 Å². The van der Waals surface area contributed by atoms with Crippen molar-refractivity contribution in [2.75, 3.05) is 0 Å². The predicted octanol–water partition coefficient (Wildman–Crippen LogP) is 4.87. The van der Waals surface area contributed by atoms with Crippen molar-refractivity contribution in [2.24, 2.45) is 5.92 Å². The van der Waals surface area contributed by atoms with Crippen LogP contribution >= 0.6 is 11.6 Å². The Bertz CT molecular complexity index is 423. The van der Waals surface area contributed by atoms with Gasteiger partial charge in [-0.1, -0.05) is 37.8 Å². The lowest BCUT2D eigenvalue weighted by Gasteiger charge is -2.15. The summed E-state index contributed by atoms with van der Waals surface area (Å²) < 4.78 is 5.73. The van der Waals surface area contributed by atoms with E-state index in [0.717, 1.165) is 24.5 Å². The molecule has 0 spiro atoms. The van der Waals surface area contributed by atoms with E-state index >= 15 is 0 Å². The molecule has 1 saturated carbocycles. The maximum Gasteiger partial charge on any atom is 0.123 e. The van der Waals surface area contributed by atoms with Gasteiger partial charge in [-0.2, -0.15) is 0 Å². The summed E-state index contributed by atoms with van der Waals surface area (Å²) in [6.07, 6.45) is 8.00. The van der Waals surface area contributed by atoms with Gasteiger partial charge < -0.3 is 4.74 Å². The average molecular weight is 265 g/mol. The highest BCUT2D eigenvalue weighted by Crippen LogP contribution is 2.38. The topological polar surface area (TPSA) is 9.23 Å². The van der Waals surface area contributed by atoms with Gasteiger partial charge >= 0.3 is 0 Å². The van der Waals surface area contributed by atoms with Crippen molar-refractivity contribution in [3.63, 3.8) is 0 Å². The van der Waals surface area contributed by atoms with Crippen LogP contribution in [0.5, 0.6) is 5.75 Å². The first-order chi connectivity index (χ1) is 8.72. The number of hydrogen-bond acceptors (Lipinski definition) is 1. The van der Waals surface area contributed by atoms with E-state index in [-0.39, 0.29) is 5.38 Å². The molecule has 2 unspecified atom stereocenters. The molecule has 1 heterocycles. The average Bonchev–Trinajstić information content (AvgIpc) is 2.95. The first-order valence-corrected chi connectivity index (χ1v) is 7.59. The van der Waals surface area contributed by atoms with Crippen molar-refractivity contribution < 1.29 is 4.74 Å². The third-order valence-corrected chi connectivity index (χ3v) is 4.73. The minimum atomic E-state index is 0.175. The van der Waals surface area contributed by atoms with Crippen LogP contribution in [0.2, 0.25) is 0 Å². The van der Waals surface area contributed by atoms with E-state index in [4.69, 9.17) is 16.3 Å². The number of hydrogen-bond donors (Lipinski definition) is 0. The molecule has 1 aromatic rings. The number of alkyl halides is 1. The summed E-state index contributed by atoms with van der Waals surface area (Å²) >= 11 is 6.58. The van der Waals surface area contributed by atoms with E-state index in [2.05, 4.69) is 25.1 Å². The van der Waals surface area contributed by atoms with Gasteiger partial charge in [-0.3, -0.25) is 0 Å². The standard InChI is InChI=1S/C16H21ClO/c1-11-8-14-10-13(6-7-16(14)18-11)15(17)9-12-4-2-3-5-12/h6-7,10-12,15H,2-5,8-9H2,1H3. The second kappa shape index (κ2) is 5.13. The van der Waals surface area contributed by atoms with Crippen LogP contribution in [0.25, 0.3) is 0 Å². The lowest BCUT2D eigenvalue weighted by molar-refractivity contribution is 0.254. The second-order valence-corrected chi connectivity index (χ2v) is 6.38. The molecule has 0 aromatic heterocycles. The Balaban J connectivity index is 1.70. The van der Waals surface area contributed by atoms with Gasteiger partial charge in [0.05, 0.1) is 5.38 Å². The lowest BCUT2D eigenvalue weighted by Crippen LogP contribution is -2.05. The van der Waals surface area contributed by atoms with Gasteiger partial charge in [0.1, 0.15) is 11.9 Å². The second-order valence-electron chi connectivity index (χ2n) is 5.85. The molecule has 2 atom stereocenters. The van der Waals surface area contributed by atoms with Gasteiger partial charge in [-0.25, -0.2) is 0 Å². The van der Waals surface area contributed by atoms with Crippen molar-refractivity contribution in [3.05, 3.63) is 29.3 Å². The Morgan fingerprint density at radius 2 is 2.11 bits per heavy atom. The molecule has 2 aliphatic rings. The number of benzene rings is 1. The zero-order chi connectivity index (χ0) is 12.5. The highest BCUT2D eigenvalue weighted by molar-refractivity contribution is 6.20. The maximum atomic E-state index is 6.58. The van der Waals surface area contributed by atoms with E-state index in [9.17, 15) is 0 Å². The number of halogens is 1. The fraction of sp³-hybridized carbons (Fsp3) is 0.625. The molecule has 3 rings (SSSR count). The number of ether oxygens (including phenoxy) is 1. The third kappa shape index (κ3) is 2.51. The van der Waals surface area contributed by atoms with Crippen LogP contribution in [-0.4, -0.2) is 6.10 Å². The fourth-order valence-corrected chi connectivity index (χ4v) is 3.70. The Morgan fingerprint density at radius 1 is 1.33 bits per heavy atom. The molecule has 0 radical (unpaired) electrons. The zero-order valence-corrected chi connectivity index (χ0v) is 11.7. The van der Waals surface area contributed by atoms with E-state index in [1.165, 1.54) is 36.8 Å². The molecule has 0 amide bonds. The summed E-state index contributed by atoms with van der Waals surface area (Å²) in [5, 5.41) is 0.175. The highest BCUT2D eigenvalue weighted by atomic mass is 35.5. The summed E-state index contributed by atoms with van der Waals surface area (Å²) in [5.41, 5.74) is 2.61. The molecule has 0 saturated heterocycles. The molecule has 1 aliphatic carbocycles. The number of rotatable bonds is 3. The molecule has 1 aromatic carbocycles. The van der Waals surface area contributed by atoms with Crippen molar-refractivity contribution in [2.45, 2.75) is 56.9 Å². The number of fused-ring (bicyclic) bond motifs is 1. The van der Waals surface area contributed by atoms with Gasteiger partial charge in [-0.05, 0) is 36.5 Å². The smallest absolute Gasteiger partial charge is 0.123 e. The first kappa shape index (κ1) is 12.3. The van der Waals surface area contributed by atoms with E-state index < -0.39 is 0 Å². The van der Waals surface area contributed by atoms with Crippen LogP contribution in [0.15, 0.2) is 18.2 Å². The van der Waals surface area contributed by atoms with Crippen LogP contribution < -0.4 is 4.74 Å². The van der Waals surface area contributed by atoms with Crippen LogP contribution in [0.1, 0.15) is 55.5 Å². The molecule has 1 fully saturated rings. The van der Waals surface area contributed by atoms with Gasteiger partial charge in [0.2, 0.25) is 0 Å². The van der Waals surface area contributed by atoms with Gasteiger partial charge in [0.15, 0.2) is 0 Å². The minimum Gasteiger partial charge on any atom is -0.490 e. The highest BCUT2D eigenvalue weighted by Gasteiger charge is 2.23. The Morgan fingerprint density at radius 3 is 2.89 bits per heavy atom. The van der Waals surface area contributed by atoms with Gasteiger partial charge in [0.25, 0.3) is 0 Å².